The lowest BCUT2D eigenvalue weighted by Crippen LogP contribution is -2.36. The molecule has 10 heteroatoms. The number of rotatable bonds is 4. The highest BCUT2D eigenvalue weighted by atomic mass is 35.5. The second kappa shape index (κ2) is 7.78. The Kier molecular flexibility index (Phi) is 5.16. The van der Waals surface area contributed by atoms with Gasteiger partial charge in [0.25, 0.3) is 5.91 Å². The van der Waals surface area contributed by atoms with Gasteiger partial charge in [0.2, 0.25) is 11.5 Å². The summed E-state index contributed by atoms with van der Waals surface area (Å²) in [6.07, 6.45) is 0.331. The number of anilines is 1. The third-order valence-corrected chi connectivity index (χ3v) is 5.09. The molecule has 0 saturated carbocycles. The molecule has 1 aliphatic rings. The van der Waals surface area contributed by atoms with Crippen LogP contribution < -0.4 is 9.75 Å². The number of ketones is 1. The number of amides is 1. The molecular formula is C20H13Cl2N5O3. The molecule has 0 spiro atoms. The zero-order valence-corrected chi connectivity index (χ0v) is 17.1. The Morgan fingerprint density at radius 3 is 2.63 bits per heavy atom. The number of benzene rings is 2. The maximum Gasteiger partial charge on any atom is 0.255 e. The lowest BCUT2D eigenvalue weighted by Gasteiger charge is -2.22. The molecule has 0 fully saturated rings. The van der Waals surface area contributed by atoms with Gasteiger partial charge in [-0.2, -0.15) is 20.5 Å². The Bertz CT molecular complexity index is 1250. The van der Waals surface area contributed by atoms with Crippen LogP contribution in [0.5, 0.6) is 11.5 Å². The molecule has 2 heterocycles. The third-order valence-electron chi connectivity index (χ3n) is 4.52. The number of aromatic nitrogens is 2. The molecule has 3 aromatic rings. The molecule has 0 radical (unpaired) electrons. The number of carbonyl (C=O) groups excluding carboxylic acids is 2. The van der Waals surface area contributed by atoms with E-state index in [0.29, 0.717) is 5.75 Å². The number of nitrogens with one attached hydrogen (secondary N) is 1. The fourth-order valence-corrected chi connectivity index (χ4v) is 3.61. The second-order valence-electron chi connectivity index (χ2n) is 6.44. The Balaban J connectivity index is 1.68. The van der Waals surface area contributed by atoms with Gasteiger partial charge in [-0.15, -0.1) is 0 Å². The number of Topliss-reactive ketones (excluding diaryl/α,β-unsaturated/α-hetero) is 1. The van der Waals surface area contributed by atoms with Crippen LogP contribution in [0.3, 0.4) is 0 Å². The highest BCUT2D eigenvalue weighted by Gasteiger charge is 2.29. The highest BCUT2D eigenvalue weighted by Crippen LogP contribution is 2.40. The summed E-state index contributed by atoms with van der Waals surface area (Å²) in [5, 5.41) is 22.2. The first-order chi connectivity index (χ1) is 14.4. The molecule has 2 aromatic carbocycles. The predicted octanol–water partition coefficient (Wildman–Crippen LogP) is 4.41. The largest absolute Gasteiger partial charge is 0.454 e. The van der Waals surface area contributed by atoms with Gasteiger partial charge in [-0.25, -0.2) is 0 Å². The number of hydrogen-bond donors (Lipinski definition) is 1. The van der Waals surface area contributed by atoms with Crippen molar-refractivity contribution < 1.29 is 14.3 Å². The molecule has 1 amide bonds. The van der Waals surface area contributed by atoms with Crippen LogP contribution in [0, 0.1) is 11.3 Å². The molecule has 0 saturated heterocycles. The summed E-state index contributed by atoms with van der Waals surface area (Å²) >= 11 is 12.7. The second-order valence-corrected chi connectivity index (χ2v) is 7.26. The van der Waals surface area contributed by atoms with E-state index in [2.05, 4.69) is 15.3 Å². The molecule has 0 unspecified atom stereocenters. The van der Waals surface area contributed by atoms with Gasteiger partial charge < -0.3 is 4.74 Å². The van der Waals surface area contributed by atoms with E-state index in [0.717, 1.165) is 28.0 Å². The smallest absolute Gasteiger partial charge is 0.255 e. The van der Waals surface area contributed by atoms with E-state index in [1.54, 1.807) is 12.1 Å². The summed E-state index contributed by atoms with van der Waals surface area (Å²) in [6.45, 7) is 2.02. The van der Waals surface area contributed by atoms with Crippen LogP contribution in [0.4, 0.5) is 5.69 Å². The van der Waals surface area contributed by atoms with E-state index < -0.39 is 18.1 Å². The summed E-state index contributed by atoms with van der Waals surface area (Å²) in [5.74, 6) is -0.498. The van der Waals surface area contributed by atoms with Gasteiger partial charge in [-0.1, -0.05) is 30.1 Å². The van der Waals surface area contributed by atoms with Crippen LogP contribution in [-0.2, 0) is 16.0 Å². The van der Waals surface area contributed by atoms with Crippen molar-refractivity contribution in [1.29, 1.82) is 5.26 Å². The minimum absolute atomic E-state index is 0.138. The van der Waals surface area contributed by atoms with Crippen molar-refractivity contribution in [2.24, 2.45) is 5.10 Å². The van der Waals surface area contributed by atoms with Crippen LogP contribution in [0.2, 0.25) is 10.0 Å². The van der Waals surface area contributed by atoms with Crippen molar-refractivity contribution in [1.82, 2.24) is 10.2 Å². The highest BCUT2D eigenvalue weighted by molar-refractivity contribution is 6.50. The summed E-state index contributed by atoms with van der Waals surface area (Å²) in [6, 6.07) is 9.94. The average molecular weight is 442 g/mol. The molecule has 1 N–H and O–H groups in total. The minimum atomic E-state index is -0.628. The van der Waals surface area contributed by atoms with Crippen LogP contribution in [0.1, 0.15) is 19.0 Å². The normalized spacial score (nSPS) is 14.1. The molecule has 0 aliphatic carbocycles. The molecule has 1 aliphatic heterocycles. The summed E-state index contributed by atoms with van der Waals surface area (Å²) < 4.78 is 5.89. The average Bonchev–Trinajstić information content (AvgIpc) is 3.13. The van der Waals surface area contributed by atoms with Crippen molar-refractivity contribution >= 4 is 57.2 Å². The van der Waals surface area contributed by atoms with Crippen LogP contribution in [0.25, 0.3) is 10.9 Å². The number of carbonyl (C=O) groups is 2. The van der Waals surface area contributed by atoms with Crippen LogP contribution in [-0.4, -0.2) is 27.6 Å². The fraction of sp³-hybridized carbons (Fsp3) is 0.150. The zero-order chi connectivity index (χ0) is 21.4. The number of fused-ring (bicyclic) bond motifs is 1. The van der Waals surface area contributed by atoms with Crippen LogP contribution in [0.15, 0.2) is 35.4 Å². The van der Waals surface area contributed by atoms with Crippen molar-refractivity contribution in [2.45, 2.75) is 19.8 Å². The quantitative estimate of drug-likeness (QED) is 0.602. The molecule has 0 bridgehead atoms. The Labute approximate surface area is 180 Å². The molecule has 150 valence electrons. The third kappa shape index (κ3) is 3.49. The van der Waals surface area contributed by atoms with Gasteiger partial charge in [0.15, 0.2) is 5.75 Å². The summed E-state index contributed by atoms with van der Waals surface area (Å²) in [7, 11) is 0. The zero-order valence-electron chi connectivity index (χ0n) is 15.6. The number of ether oxygens (including phenoxy) is 1. The van der Waals surface area contributed by atoms with E-state index in [4.69, 9.17) is 33.2 Å². The first kappa shape index (κ1) is 19.9. The molecule has 1 aromatic heterocycles. The van der Waals surface area contributed by atoms with E-state index in [1.807, 2.05) is 19.1 Å². The monoisotopic (exact) mass is 441 g/mol. The number of halogens is 2. The maximum atomic E-state index is 12.2. The van der Waals surface area contributed by atoms with Gasteiger partial charge in [0, 0.05) is 11.1 Å². The SMILES string of the molecule is CCc1[nH]nc2ccc(Oc3c(Cl)cc(N4N=C(C#N)C(=O)CC4=O)cc3Cl)cc12. The van der Waals surface area contributed by atoms with E-state index >= 15 is 0 Å². The number of nitrogens with zero attached hydrogens (tertiary/aromatic N) is 4. The van der Waals surface area contributed by atoms with Gasteiger partial charge in [-0.05, 0) is 36.8 Å². The minimum Gasteiger partial charge on any atom is -0.454 e. The van der Waals surface area contributed by atoms with E-state index in [9.17, 15) is 9.59 Å². The standard InChI is InChI=1S/C20H13Cl2N5O3/c1-2-15-12-7-11(3-4-16(12)25-24-15)30-20-13(21)5-10(6-14(20)22)27-19(29)8-18(28)17(9-23)26-27/h3-7H,2,8H2,1H3,(H,24,25). The van der Waals surface area contributed by atoms with E-state index in [1.165, 1.54) is 12.1 Å². The predicted molar refractivity (Wildman–Crippen MR) is 112 cm³/mol. The molecular weight excluding hydrogens is 429 g/mol. The lowest BCUT2D eigenvalue weighted by atomic mass is 10.1. The summed E-state index contributed by atoms with van der Waals surface area (Å²) in [4.78, 5) is 23.8. The fourth-order valence-electron chi connectivity index (χ4n) is 3.05. The molecule has 0 atom stereocenters. The van der Waals surface area contributed by atoms with Gasteiger partial charge >= 0.3 is 0 Å². The number of aryl methyl sites for hydroxylation is 1. The first-order valence-corrected chi connectivity index (χ1v) is 9.65. The Morgan fingerprint density at radius 1 is 1.23 bits per heavy atom. The Hall–Kier alpha value is -3.41. The number of hydrogen-bond acceptors (Lipinski definition) is 6. The van der Waals surface area contributed by atoms with Crippen molar-refractivity contribution in [2.75, 3.05) is 5.01 Å². The first-order valence-electron chi connectivity index (χ1n) is 8.90. The van der Waals surface area contributed by atoms with Crippen LogP contribution >= 0.6 is 23.2 Å². The van der Waals surface area contributed by atoms with Crippen molar-refractivity contribution in [3.8, 4) is 17.6 Å². The lowest BCUT2D eigenvalue weighted by molar-refractivity contribution is -0.124. The molecule has 4 rings (SSSR count). The number of H-pyrrole nitrogens is 1. The maximum absolute atomic E-state index is 12.2. The number of nitriles is 1. The van der Waals surface area contributed by atoms with Gasteiger partial charge in [-0.3, -0.25) is 14.7 Å². The van der Waals surface area contributed by atoms with Gasteiger partial charge in [0.1, 0.15) is 11.8 Å². The van der Waals surface area contributed by atoms with E-state index in [-0.39, 0.29) is 27.2 Å². The topological polar surface area (TPSA) is 111 Å². The number of hydrazone groups is 1. The molecule has 8 nitrogen and oxygen atoms in total. The van der Waals surface area contributed by atoms with Crippen molar-refractivity contribution in [3.05, 3.63) is 46.1 Å². The molecule has 30 heavy (non-hydrogen) atoms. The Morgan fingerprint density at radius 2 is 1.97 bits per heavy atom. The van der Waals surface area contributed by atoms with Gasteiger partial charge in [0.05, 0.1) is 27.7 Å². The van der Waals surface area contributed by atoms with Crippen molar-refractivity contribution in [3.63, 3.8) is 0 Å². The number of aromatic amines is 1. The summed E-state index contributed by atoms with van der Waals surface area (Å²) in [5.41, 5.74) is 1.66.